The quantitative estimate of drug-likeness (QED) is 0.275. The Hall–Kier alpha value is 0.150. The molecule has 0 amide bonds. The van der Waals surface area contributed by atoms with E-state index in [4.69, 9.17) is 0 Å². The zero-order valence-corrected chi connectivity index (χ0v) is 17.7. The monoisotopic (exact) mass is 443 g/mol. The molecule has 0 bridgehead atoms. The lowest BCUT2D eigenvalue weighted by molar-refractivity contribution is 0.413. The summed E-state index contributed by atoms with van der Waals surface area (Å²) in [6.45, 7) is 7.49. The molecule has 6 heteroatoms. The van der Waals surface area contributed by atoms with Gasteiger partial charge in [0.15, 0.2) is 5.96 Å². The highest BCUT2D eigenvalue weighted by Crippen LogP contribution is 2.22. The molecular weight excluding hydrogens is 409 g/mol. The summed E-state index contributed by atoms with van der Waals surface area (Å²) in [7, 11) is 1.16. The lowest BCUT2D eigenvalue weighted by Gasteiger charge is -2.30. The summed E-state index contributed by atoms with van der Waals surface area (Å²) in [5.41, 5.74) is 0. The SMILES string of the molecule is CCS(=O)C1CCCC(NC(=NC)NCCCC(C)C)C1.I. The highest BCUT2D eigenvalue weighted by Gasteiger charge is 2.25. The fraction of sp³-hybridized carbons (Fsp3) is 0.938. The predicted molar refractivity (Wildman–Crippen MR) is 109 cm³/mol. The van der Waals surface area contributed by atoms with Crippen LogP contribution in [0.4, 0.5) is 0 Å². The fourth-order valence-corrected chi connectivity index (χ4v) is 4.20. The van der Waals surface area contributed by atoms with Crippen molar-refractivity contribution in [3.63, 3.8) is 0 Å². The first-order valence-electron chi connectivity index (χ1n) is 8.41. The van der Waals surface area contributed by atoms with Crippen molar-refractivity contribution >= 4 is 40.7 Å². The average Bonchev–Trinajstić information content (AvgIpc) is 2.49. The van der Waals surface area contributed by atoms with Crippen LogP contribution in [0.3, 0.4) is 0 Å². The molecule has 1 aliphatic rings. The molecule has 0 heterocycles. The molecule has 4 nitrogen and oxygen atoms in total. The number of hydrogen-bond donors (Lipinski definition) is 2. The number of guanidine groups is 1. The molecular formula is C16H34IN3OS. The van der Waals surface area contributed by atoms with Crippen LogP contribution >= 0.6 is 24.0 Å². The topological polar surface area (TPSA) is 53.5 Å². The minimum absolute atomic E-state index is 0. The second-order valence-corrected chi connectivity index (χ2v) is 8.34. The molecule has 0 aromatic rings. The lowest BCUT2D eigenvalue weighted by atomic mass is 9.95. The van der Waals surface area contributed by atoms with Gasteiger partial charge >= 0.3 is 0 Å². The molecule has 3 unspecified atom stereocenters. The molecule has 0 aromatic heterocycles. The van der Waals surface area contributed by atoms with E-state index in [0.29, 0.717) is 11.3 Å². The predicted octanol–water partition coefficient (Wildman–Crippen LogP) is 3.29. The Balaban J connectivity index is 0.00000441. The maximum atomic E-state index is 12.0. The van der Waals surface area contributed by atoms with Gasteiger partial charge in [0.25, 0.3) is 0 Å². The highest BCUT2D eigenvalue weighted by molar-refractivity contribution is 14.0. The first-order chi connectivity index (χ1) is 10.1. The van der Waals surface area contributed by atoms with Crippen LogP contribution in [0.5, 0.6) is 0 Å². The second-order valence-electron chi connectivity index (χ2n) is 6.33. The third kappa shape index (κ3) is 8.70. The highest BCUT2D eigenvalue weighted by atomic mass is 127. The van der Waals surface area contributed by atoms with E-state index in [0.717, 1.165) is 43.4 Å². The van der Waals surface area contributed by atoms with Crippen molar-refractivity contribution in [3.05, 3.63) is 0 Å². The van der Waals surface area contributed by atoms with Crippen molar-refractivity contribution in [2.75, 3.05) is 19.3 Å². The number of nitrogens with one attached hydrogen (secondary N) is 2. The minimum Gasteiger partial charge on any atom is -0.356 e. The molecule has 1 aliphatic carbocycles. The van der Waals surface area contributed by atoms with Crippen molar-refractivity contribution in [1.82, 2.24) is 10.6 Å². The maximum Gasteiger partial charge on any atom is 0.191 e. The molecule has 1 rings (SSSR count). The summed E-state index contributed by atoms with van der Waals surface area (Å²) >= 11 is 0. The van der Waals surface area contributed by atoms with E-state index in [1.165, 1.54) is 19.3 Å². The average molecular weight is 443 g/mol. The Morgan fingerprint density at radius 2 is 2.09 bits per heavy atom. The van der Waals surface area contributed by atoms with Gasteiger partial charge in [-0.05, 0) is 38.0 Å². The molecule has 2 N–H and O–H groups in total. The van der Waals surface area contributed by atoms with Crippen LogP contribution in [0.25, 0.3) is 0 Å². The van der Waals surface area contributed by atoms with Gasteiger partial charge in [0.2, 0.25) is 0 Å². The smallest absolute Gasteiger partial charge is 0.191 e. The third-order valence-corrected chi connectivity index (χ3v) is 5.84. The summed E-state index contributed by atoms with van der Waals surface area (Å²) in [4.78, 5) is 4.31. The van der Waals surface area contributed by atoms with Gasteiger partial charge in [-0.15, -0.1) is 24.0 Å². The molecule has 1 saturated carbocycles. The summed E-state index contributed by atoms with van der Waals surface area (Å²) in [6, 6.07) is 0.413. The van der Waals surface area contributed by atoms with Gasteiger partial charge in [0.1, 0.15) is 0 Å². The number of hydrogen-bond acceptors (Lipinski definition) is 2. The zero-order valence-electron chi connectivity index (χ0n) is 14.6. The van der Waals surface area contributed by atoms with E-state index in [2.05, 4.69) is 29.5 Å². The van der Waals surface area contributed by atoms with Crippen LogP contribution in [-0.4, -0.2) is 40.8 Å². The van der Waals surface area contributed by atoms with Gasteiger partial charge < -0.3 is 10.6 Å². The fourth-order valence-electron chi connectivity index (χ4n) is 2.86. The Morgan fingerprint density at radius 1 is 1.36 bits per heavy atom. The van der Waals surface area contributed by atoms with Crippen molar-refractivity contribution in [3.8, 4) is 0 Å². The van der Waals surface area contributed by atoms with Crippen LogP contribution in [0.2, 0.25) is 0 Å². The summed E-state index contributed by atoms with van der Waals surface area (Å²) < 4.78 is 12.0. The van der Waals surface area contributed by atoms with Crippen LogP contribution < -0.4 is 10.6 Å². The van der Waals surface area contributed by atoms with E-state index in [-0.39, 0.29) is 24.0 Å². The molecule has 0 spiro atoms. The summed E-state index contributed by atoms with van der Waals surface area (Å²) in [6.07, 6.45) is 6.85. The minimum atomic E-state index is -0.663. The molecule has 3 atom stereocenters. The van der Waals surface area contributed by atoms with Gasteiger partial charge in [-0.25, -0.2) is 0 Å². The van der Waals surface area contributed by atoms with Gasteiger partial charge in [-0.3, -0.25) is 9.20 Å². The second kappa shape index (κ2) is 12.6. The molecule has 0 saturated heterocycles. The van der Waals surface area contributed by atoms with E-state index in [9.17, 15) is 4.21 Å². The Labute approximate surface area is 156 Å². The number of halogens is 1. The van der Waals surface area contributed by atoms with Gasteiger partial charge in [0, 0.05) is 41.4 Å². The van der Waals surface area contributed by atoms with Gasteiger partial charge in [0.05, 0.1) is 0 Å². The largest absolute Gasteiger partial charge is 0.356 e. The van der Waals surface area contributed by atoms with Crippen molar-refractivity contribution < 1.29 is 4.21 Å². The van der Waals surface area contributed by atoms with Gasteiger partial charge in [-0.1, -0.05) is 27.2 Å². The standard InChI is InChI=1S/C16H33N3OS.HI/c1-5-21(20)15-10-6-9-14(12-15)19-16(17-4)18-11-7-8-13(2)3;/h13-15H,5-12H2,1-4H3,(H2,17,18,19);1H. The van der Waals surface area contributed by atoms with Crippen LogP contribution in [0.1, 0.15) is 59.3 Å². The lowest BCUT2D eigenvalue weighted by Crippen LogP contribution is -2.46. The number of nitrogens with zero attached hydrogens (tertiary/aromatic N) is 1. The van der Waals surface area contributed by atoms with Crippen molar-refractivity contribution in [1.29, 1.82) is 0 Å². The Morgan fingerprint density at radius 3 is 2.68 bits per heavy atom. The van der Waals surface area contributed by atoms with Crippen molar-refractivity contribution in [2.45, 2.75) is 70.6 Å². The number of rotatable bonds is 7. The van der Waals surface area contributed by atoms with Crippen LogP contribution in [0.15, 0.2) is 4.99 Å². The van der Waals surface area contributed by atoms with Crippen LogP contribution in [0, 0.1) is 5.92 Å². The van der Waals surface area contributed by atoms with Crippen molar-refractivity contribution in [2.24, 2.45) is 10.9 Å². The number of aliphatic imine (C=N–C) groups is 1. The van der Waals surface area contributed by atoms with E-state index >= 15 is 0 Å². The van der Waals surface area contributed by atoms with E-state index in [1.807, 2.05) is 14.0 Å². The first kappa shape index (κ1) is 22.1. The van der Waals surface area contributed by atoms with E-state index < -0.39 is 10.8 Å². The molecule has 0 aliphatic heterocycles. The van der Waals surface area contributed by atoms with Gasteiger partial charge in [-0.2, -0.15) is 0 Å². The summed E-state index contributed by atoms with van der Waals surface area (Å²) in [5.74, 6) is 2.43. The summed E-state index contributed by atoms with van der Waals surface area (Å²) in [5, 5.41) is 7.26. The normalized spacial score (nSPS) is 23.8. The molecule has 132 valence electrons. The van der Waals surface area contributed by atoms with Crippen LogP contribution in [-0.2, 0) is 10.8 Å². The Kier molecular flexibility index (Phi) is 12.6. The van der Waals surface area contributed by atoms with E-state index in [1.54, 1.807) is 0 Å². The zero-order chi connectivity index (χ0) is 15.7. The molecule has 1 fully saturated rings. The molecule has 0 radical (unpaired) electrons. The third-order valence-electron chi connectivity index (χ3n) is 4.10. The molecule has 0 aromatic carbocycles. The first-order valence-corrected chi connectivity index (χ1v) is 9.79. The Bertz CT molecular complexity index is 350. The maximum absolute atomic E-state index is 12.0. The molecule has 22 heavy (non-hydrogen) atoms.